The summed E-state index contributed by atoms with van der Waals surface area (Å²) < 4.78 is 3.19. The molecule has 0 aliphatic rings. The molecule has 2 N–H and O–H groups in total. The molecule has 0 spiro atoms. The van der Waals surface area contributed by atoms with Crippen molar-refractivity contribution in [2.24, 2.45) is 0 Å². The monoisotopic (exact) mass is 307 g/mol. The van der Waals surface area contributed by atoms with Gasteiger partial charge in [-0.1, -0.05) is 15.9 Å². The fraction of sp³-hybridized carbons (Fsp3) is 0.167. The minimum atomic E-state index is 0.465. The Morgan fingerprint density at radius 1 is 1.53 bits per heavy atom. The highest BCUT2D eigenvalue weighted by atomic mass is 79.9. The van der Waals surface area contributed by atoms with Crippen molar-refractivity contribution in [3.05, 3.63) is 27.4 Å². The molecule has 0 radical (unpaired) electrons. The molecular weight excluding hydrogens is 298 g/mol. The number of anilines is 1. The van der Waals surface area contributed by atoms with Crippen molar-refractivity contribution in [2.75, 3.05) is 5.73 Å². The zero-order valence-corrected chi connectivity index (χ0v) is 11.4. The normalized spacial score (nSPS) is 10.4. The molecule has 0 saturated carbocycles. The molecule has 0 amide bonds. The van der Waals surface area contributed by atoms with Gasteiger partial charge in [-0.05, 0) is 30.4 Å². The number of nitrogens with zero attached hydrogens (tertiary/aromatic N) is 2. The predicted molar refractivity (Wildman–Crippen MR) is 76.1 cm³/mol. The Morgan fingerprint density at radius 2 is 2.29 bits per heavy atom. The van der Waals surface area contributed by atoms with E-state index in [4.69, 9.17) is 24.4 Å². The number of fused-ring (bicyclic) bond motifs is 1. The fourth-order valence-electron chi connectivity index (χ4n) is 1.62. The van der Waals surface area contributed by atoms with Crippen LogP contribution in [0.25, 0.3) is 10.9 Å². The molecule has 0 unspecified atom stereocenters. The summed E-state index contributed by atoms with van der Waals surface area (Å²) in [7, 11) is 0. The van der Waals surface area contributed by atoms with Gasteiger partial charge in [0.2, 0.25) is 4.77 Å². The second-order valence-electron chi connectivity index (χ2n) is 3.55. The van der Waals surface area contributed by atoms with E-state index in [0.717, 1.165) is 15.4 Å². The molecule has 0 atom stereocenters. The second-order valence-corrected chi connectivity index (χ2v) is 4.83. The lowest BCUT2D eigenvalue weighted by Gasteiger charge is -2.11. The molecule has 1 aromatic heterocycles. The standard InChI is InChI=1S/C12H10BrN3S/c1-2-3-6-16-11(14)9-7-8(13)4-5-10(9)15-12(16)17/h1,4-5,7H,3,6,14H2. The largest absolute Gasteiger partial charge is 0.384 e. The van der Waals surface area contributed by atoms with Gasteiger partial charge in [-0.3, -0.25) is 0 Å². The van der Waals surface area contributed by atoms with Crippen molar-refractivity contribution in [1.82, 2.24) is 9.55 Å². The van der Waals surface area contributed by atoms with Gasteiger partial charge in [-0.2, -0.15) is 0 Å². The summed E-state index contributed by atoms with van der Waals surface area (Å²) >= 11 is 8.62. The van der Waals surface area contributed by atoms with Crippen molar-refractivity contribution >= 4 is 44.9 Å². The molecule has 1 heterocycles. The summed E-state index contributed by atoms with van der Waals surface area (Å²) in [5.41, 5.74) is 6.90. The number of aromatic nitrogens is 2. The maximum Gasteiger partial charge on any atom is 0.201 e. The van der Waals surface area contributed by atoms with Gasteiger partial charge in [0, 0.05) is 22.8 Å². The van der Waals surface area contributed by atoms with Gasteiger partial charge >= 0.3 is 0 Å². The summed E-state index contributed by atoms with van der Waals surface area (Å²) in [5.74, 6) is 3.18. The lowest BCUT2D eigenvalue weighted by molar-refractivity contribution is 0.703. The zero-order chi connectivity index (χ0) is 12.4. The van der Waals surface area contributed by atoms with E-state index in [9.17, 15) is 0 Å². The van der Waals surface area contributed by atoms with Gasteiger partial charge < -0.3 is 10.3 Å². The zero-order valence-electron chi connectivity index (χ0n) is 8.98. The summed E-state index contributed by atoms with van der Waals surface area (Å²) in [4.78, 5) is 4.34. The van der Waals surface area contributed by atoms with Crippen LogP contribution in [0, 0.1) is 17.1 Å². The number of hydrogen-bond acceptors (Lipinski definition) is 3. The third-order valence-electron chi connectivity index (χ3n) is 2.45. The van der Waals surface area contributed by atoms with E-state index in [2.05, 4.69) is 26.8 Å². The number of nitrogens with two attached hydrogens (primary N) is 1. The lowest BCUT2D eigenvalue weighted by Crippen LogP contribution is -2.09. The van der Waals surface area contributed by atoms with E-state index in [1.807, 2.05) is 18.2 Å². The average molecular weight is 308 g/mol. The van der Waals surface area contributed by atoms with Crippen molar-refractivity contribution in [2.45, 2.75) is 13.0 Å². The first kappa shape index (κ1) is 12.1. The third kappa shape index (κ3) is 2.33. The quantitative estimate of drug-likeness (QED) is 0.685. The van der Waals surface area contributed by atoms with Gasteiger partial charge in [0.25, 0.3) is 0 Å². The van der Waals surface area contributed by atoms with E-state index in [1.54, 1.807) is 4.57 Å². The second kappa shape index (κ2) is 4.86. The average Bonchev–Trinajstić information content (AvgIpc) is 2.30. The molecule has 17 heavy (non-hydrogen) atoms. The van der Waals surface area contributed by atoms with Gasteiger partial charge in [-0.15, -0.1) is 12.3 Å². The number of terminal acetylenes is 1. The smallest absolute Gasteiger partial charge is 0.201 e. The Kier molecular flexibility index (Phi) is 3.46. The maximum atomic E-state index is 6.10. The Balaban J connectivity index is 2.70. The minimum Gasteiger partial charge on any atom is -0.384 e. The van der Waals surface area contributed by atoms with E-state index in [0.29, 0.717) is 23.6 Å². The minimum absolute atomic E-state index is 0.465. The highest BCUT2D eigenvalue weighted by molar-refractivity contribution is 9.10. The van der Waals surface area contributed by atoms with Crippen LogP contribution in [0.5, 0.6) is 0 Å². The van der Waals surface area contributed by atoms with Crippen LogP contribution in [-0.2, 0) is 6.54 Å². The third-order valence-corrected chi connectivity index (χ3v) is 3.26. The van der Waals surface area contributed by atoms with Crippen LogP contribution in [0.15, 0.2) is 22.7 Å². The molecule has 5 heteroatoms. The molecule has 2 rings (SSSR count). The predicted octanol–water partition coefficient (Wildman–Crippen LogP) is 3.13. The highest BCUT2D eigenvalue weighted by Crippen LogP contribution is 2.23. The molecule has 0 saturated heterocycles. The van der Waals surface area contributed by atoms with Crippen LogP contribution >= 0.6 is 28.1 Å². The SMILES string of the molecule is C#CCCn1c(N)c2cc(Br)ccc2nc1=S. The Hall–Kier alpha value is -1.38. The van der Waals surface area contributed by atoms with Crippen molar-refractivity contribution in [3.63, 3.8) is 0 Å². The summed E-state index contributed by atoms with van der Waals surface area (Å²) in [6.07, 6.45) is 5.83. The van der Waals surface area contributed by atoms with E-state index in [-0.39, 0.29) is 0 Å². The molecule has 0 aliphatic carbocycles. The Bertz CT molecular complexity index is 670. The van der Waals surface area contributed by atoms with Gasteiger partial charge in [0.05, 0.1) is 5.52 Å². The van der Waals surface area contributed by atoms with Crippen molar-refractivity contribution < 1.29 is 0 Å². The summed E-state index contributed by atoms with van der Waals surface area (Å²) in [5, 5.41) is 0.880. The first-order valence-electron chi connectivity index (χ1n) is 5.02. The number of rotatable bonds is 2. The van der Waals surface area contributed by atoms with Gasteiger partial charge in [0.15, 0.2) is 0 Å². The number of hydrogen-bond donors (Lipinski definition) is 1. The van der Waals surface area contributed by atoms with E-state index in [1.165, 1.54) is 0 Å². The molecule has 2 aromatic rings. The van der Waals surface area contributed by atoms with Crippen molar-refractivity contribution in [1.29, 1.82) is 0 Å². The molecule has 0 fully saturated rings. The molecule has 0 bridgehead atoms. The van der Waals surface area contributed by atoms with Gasteiger partial charge in [-0.25, -0.2) is 4.98 Å². The molecule has 0 aliphatic heterocycles. The summed E-state index contributed by atoms with van der Waals surface area (Å²) in [6, 6.07) is 5.73. The van der Waals surface area contributed by atoms with E-state index < -0.39 is 0 Å². The fourth-order valence-corrected chi connectivity index (χ4v) is 2.26. The molecule has 3 nitrogen and oxygen atoms in total. The first-order valence-corrected chi connectivity index (χ1v) is 6.22. The van der Waals surface area contributed by atoms with Crippen LogP contribution in [0.1, 0.15) is 6.42 Å². The highest BCUT2D eigenvalue weighted by Gasteiger charge is 2.06. The van der Waals surface area contributed by atoms with Crippen LogP contribution in [0.2, 0.25) is 0 Å². The van der Waals surface area contributed by atoms with Crippen LogP contribution in [0.4, 0.5) is 5.82 Å². The maximum absolute atomic E-state index is 6.10. The van der Waals surface area contributed by atoms with E-state index >= 15 is 0 Å². The first-order chi connectivity index (χ1) is 8.13. The number of halogens is 1. The van der Waals surface area contributed by atoms with Gasteiger partial charge in [0.1, 0.15) is 5.82 Å². The number of nitrogen functional groups attached to an aromatic ring is 1. The van der Waals surface area contributed by atoms with Crippen molar-refractivity contribution in [3.8, 4) is 12.3 Å². The Labute approximate surface area is 113 Å². The molecule has 1 aromatic carbocycles. The Morgan fingerprint density at radius 3 is 3.00 bits per heavy atom. The lowest BCUT2D eigenvalue weighted by atomic mass is 10.2. The van der Waals surface area contributed by atoms with Crippen LogP contribution in [-0.4, -0.2) is 9.55 Å². The topological polar surface area (TPSA) is 43.8 Å². The van der Waals surface area contributed by atoms with Crippen LogP contribution < -0.4 is 5.73 Å². The van der Waals surface area contributed by atoms with Crippen LogP contribution in [0.3, 0.4) is 0 Å². The number of benzene rings is 1. The molecule has 86 valence electrons. The summed E-state index contributed by atoms with van der Waals surface area (Å²) in [6.45, 7) is 0.594. The molecular formula is C12H10BrN3S.